The van der Waals surface area contributed by atoms with Gasteiger partial charge in [0.15, 0.2) is 6.19 Å². The van der Waals surface area contributed by atoms with E-state index in [1.54, 1.807) is 0 Å². The monoisotopic (exact) mass is 166 g/mol. The quantitative estimate of drug-likeness (QED) is 0.559. The maximum Gasteiger partial charge on any atom is 0.179 e. The van der Waals surface area contributed by atoms with Crippen molar-refractivity contribution in [3.05, 3.63) is 0 Å². The Hall–Kier alpha value is -0.710. The van der Waals surface area contributed by atoms with Gasteiger partial charge in [-0.2, -0.15) is 5.26 Å². The largest absolute Gasteiger partial charge is 0.310 e. The molecule has 0 aromatic heterocycles. The van der Waals surface area contributed by atoms with E-state index in [-0.39, 0.29) is 0 Å². The molecule has 12 heavy (non-hydrogen) atoms. The zero-order chi connectivity index (χ0) is 8.81. The molecule has 0 radical (unpaired) electrons. The molecule has 0 spiro atoms. The molecule has 2 heteroatoms. The van der Waals surface area contributed by atoms with E-state index in [0.29, 0.717) is 0 Å². The highest BCUT2D eigenvalue weighted by Crippen LogP contribution is 2.18. The first-order chi connectivity index (χ1) is 5.86. The predicted octanol–water partition coefficient (Wildman–Crippen LogP) is 2.37. The molecule has 0 amide bonds. The third-order valence-corrected chi connectivity index (χ3v) is 2.74. The van der Waals surface area contributed by atoms with E-state index in [1.165, 1.54) is 32.1 Å². The molecule has 1 aliphatic heterocycles. The maximum atomic E-state index is 8.80. The van der Waals surface area contributed by atoms with Gasteiger partial charge in [-0.15, -0.1) is 0 Å². The Balaban J connectivity index is 2.40. The standard InChI is InChI=1S/C10H18N2/c1-2-10-6-4-3-5-7-12(8-10)9-11/h10H,2-8H2,1H3. The highest BCUT2D eigenvalue weighted by molar-refractivity contribution is 4.78. The normalized spacial score (nSPS) is 25.7. The topological polar surface area (TPSA) is 27.0 Å². The van der Waals surface area contributed by atoms with Crippen molar-refractivity contribution in [3.63, 3.8) is 0 Å². The number of rotatable bonds is 1. The van der Waals surface area contributed by atoms with Gasteiger partial charge < -0.3 is 4.90 Å². The van der Waals surface area contributed by atoms with Crippen LogP contribution >= 0.6 is 0 Å². The van der Waals surface area contributed by atoms with E-state index in [4.69, 9.17) is 5.26 Å². The van der Waals surface area contributed by atoms with Gasteiger partial charge in [0.25, 0.3) is 0 Å². The number of nitriles is 1. The number of likely N-dealkylation sites (tertiary alicyclic amines) is 1. The lowest BCUT2D eigenvalue weighted by Crippen LogP contribution is -2.27. The van der Waals surface area contributed by atoms with Gasteiger partial charge in [0, 0.05) is 13.1 Å². The van der Waals surface area contributed by atoms with Crippen LogP contribution < -0.4 is 0 Å². The molecule has 0 saturated carbocycles. The molecular weight excluding hydrogens is 148 g/mol. The molecule has 1 fully saturated rings. The fourth-order valence-electron chi connectivity index (χ4n) is 1.83. The third-order valence-electron chi connectivity index (χ3n) is 2.74. The van der Waals surface area contributed by atoms with E-state index in [0.717, 1.165) is 19.0 Å². The summed E-state index contributed by atoms with van der Waals surface area (Å²) >= 11 is 0. The SMILES string of the molecule is CCC1CCCCCN(C#N)C1. The molecule has 0 aromatic rings. The van der Waals surface area contributed by atoms with Crippen LogP contribution in [0.25, 0.3) is 0 Å². The Labute approximate surface area is 75.2 Å². The van der Waals surface area contributed by atoms with Gasteiger partial charge in [0.05, 0.1) is 0 Å². The Morgan fingerprint density at radius 3 is 2.92 bits per heavy atom. The molecule has 0 bridgehead atoms. The highest BCUT2D eigenvalue weighted by Gasteiger charge is 2.13. The van der Waals surface area contributed by atoms with Crippen molar-refractivity contribution in [1.82, 2.24) is 4.90 Å². The van der Waals surface area contributed by atoms with Crippen LogP contribution in [0.2, 0.25) is 0 Å². The lowest BCUT2D eigenvalue weighted by Gasteiger charge is -2.24. The zero-order valence-corrected chi connectivity index (χ0v) is 7.92. The van der Waals surface area contributed by atoms with Crippen LogP contribution in [0.1, 0.15) is 39.0 Å². The minimum Gasteiger partial charge on any atom is -0.310 e. The third kappa shape index (κ3) is 2.73. The average molecular weight is 166 g/mol. The maximum absolute atomic E-state index is 8.80. The molecule has 0 N–H and O–H groups in total. The van der Waals surface area contributed by atoms with Crippen LogP contribution in [0.15, 0.2) is 0 Å². The number of nitrogens with zero attached hydrogens (tertiary/aromatic N) is 2. The fraction of sp³-hybridized carbons (Fsp3) is 0.900. The van der Waals surface area contributed by atoms with Gasteiger partial charge in [0.1, 0.15) is 0 Å². The molecule has 1 unspecified atom stereocenters. The zero-order valence-electron chi connectivity index (χ0n) is 7.92. The van der Waals surface area contributed by atoms with E-state index in [9.17, 15) is 0 Å². The van der Waals surface area contributed by atoms with Gasteiger partial charge in [-0.1, -0.05) is 26.2 Å². The molecule has 0 aliphatic carbocycles. The van der Waals surface area contributed by atoms with Gasteiger partial charge in [-0.3, -0.25) is 0 Å². The lowest BCUT2D eigenvalue weighted by atomic mass is 9.96. The molecule has 1 heterocycles. The van der Waals surface area contributed by atoms with Crippen molar-refractivity contribution in [1.29, 1.82) is 5.26 Å². The summed E-state index contributed by atoms with van der Waals surface area (Å²) < 4.78 is 0. The second-order valence-electron chi connectivity index (χ2n) is 3.67. The Kier molecular flexibility index (Phi) is 3.93. The summed E-state index contributed by atoms with van der Waals surface area (Å²) in [5.41, 5.74) is 0. The Bertz CT molecular complexity index is 160. The molecule has 1 atom stereocenters. The minimum absolute atomic E-state index is 0.755. The highest BCUT2D eigenvalue weighted by atomic mass is 15.1. The lowest BCUT2D eigenvalue weighted by molar-refractivity contribution is 0.268. The van der Waals surface area contributed by atoms with E-state index in [1.807, 2.05) is 4.90 Å². The van der Waals surface area contributed by atoms with Crippen LogP contribution in [-0.4, -0.2) is 18.0 Å². The summed E-state index contributed by atoms with van der Waals surface area (Å²) in [5.74, 6) is 0.755. The van der Waals surface area contributed by atoms with Crippen LogP contribution in [0, 0.1) is 17.4 Å². The van der Waals surface area contributed by atoms with Crippen LogP contribution in [-0.2, 0) is 0 Å². The first-order valence-corrected chi connectivity index (χ1v) is 5.01. The van der Waals surface area contributed by atoms with Gasteiger partial charge in [-0.05, 0) is 18.8 Å². The van der Waals surface area contributed by atoms with Gasteiger partial charge in [0.2, 0.25) is 0 Å². The Morgan fingerprint density at radius 2 is 2.25 bits per heavy atom. The van der Waals surface area contributed by atoms with Crippen molar-refractivity contribution in [2.45, 2.75) is 39.0 Å². The van der Waals surface area contributed by atoms with Crippen molar-refractivity contribution in [2.24, 2.45) is 5.92 Å². The molecule has 1 aliphatic rings. The van der Waals surface area contributed by atoms with Crippen molar-refractivity contribution < 1.29 is 0 Å². The summed E-state index contributed by atoms with van der Waals surface area (Å²) in [7, 11) is 0. The summed E-state index contributed by atoms with van der Waals surface area (Å²) in [6.07, 6.45) is 8.66. The van der Waals surface area contributed by atoms with Gasteiger partial charge in [-0.25, -0.2) is 0 Å². The van der Waals surface area contributed by atoms with E-state index >= 15 is 0 Å². The summed E-state index contributed by atoms with van der Waals surface area (Å²) in [6, 6.07) is 0. The first-order valence-electron chi connectivity index (χ1n) is 5.01. The van der Waals surface area contributed by atoms with Crippen molar-refractivity contribution >= 4 is 0 Å². The second kappa shape index (κ2) is 5.03. The molecule has 1 rings (SSSR count). The molecule has 68 valence electrons. The van der Waals surface area contributed by atoms with Crippen LogP contribution in [0.3, 0.4) is 0 Å². The second-order valence-corrected chi connectivity index (χ2v) is 3.67. The summed E-state index contributed by atoms with van der Waals surface area (Å²) in [6.45, 7) is 4.20. The number of hydrogen-bond acceptors (Lipinski definition) is 2. The summed E-state index contributed by atoms with van der Waals surface area (Å²) in [4.78, 5) is 1.92. The molecule has 2 nitrogen and oxygen atoms in total. The minimum atomic E-state index is 0.755. The van der Waals surface area contributed by atoms with Crippen LogP contribution in [0.5, 0.6) is 0 Å². The van der Waals surface area contributed by atoms with Crippen LogP contribution in [0.4, 0.5) is 0 Å². The number of hydrogen-bond donors (Lipinski definition) is 0. The van der Waals surface area contributed by atoms with Crippen molar-refractivity contribution in [3.8, 4) is 6.19 Å². The molecule has 0 aromatic carbocycles. The fourth-order valence-corrected chi connectivity index (χ4v) is 1.83. The Morgan fingerprint density at radius 1 is 1.42 bits per heavy atom. The predicted molar refractivity (Wildman–Crippen MR) is 49.4 cm³/mol. The summed E-state index contributed by atoms with van der Waals surface area (Å²) in [5, 5.41) is 8.80. The van der Waals surface area contributed by atoms with E-state index in [2.05, 4.69) is 13.1 Å². The van der Waals surface area contributed by atoms with Gasteiger partial charge >= 0.3 is 0 Å². The first kappa shape index (κ1) is 9.38. The molecular formula is C10H18N2. The van der Waals surface area contributed by atoms with Crippen molar-refractivity contribution in [2.75, 3.05) is 13.1 Å². The van der Waals surface area contributed by atoms with E-state index < -0.39 is 0 Å². The smallest absolute Gasteiger partial charge is 0.179 e. The molecule has 1 saturated heterocycles. The average Bonchev–Trinajstić information content (AvgIpc) is 2.05.